The second-order valence-electron chi connectivity index (χ2n) is 3.83. The van der Waals surface area contributed by atoms with Gasteiger partial charge in [-0.05, 0) is 5.92 Å². The Morgan fingerprint density at radius 2 is 2.17 bits per heavy atom. The monoisotopic (exact) mass is 172 g/mol. The van der Waals surface area contributed by atoms with Gasteiger partial charge in [0.1, 0.15) is 6.10 Å². The predicted octanol–water partition coefficient (Wildman–Crippen LogP) is 0.955. The summed E-state index contributed by atoms with van der Waals surface area (Å²) in [7, 11) is 0. The van der Waals surface area contributed by atoms with E-state index in [0.29, 0.717) is 0 Å². The summed E-state index contributed by atoms with van der Waals surface area (Å²) in [6.07, 6.45) is -0.510. The van der Waals surface area contributed by atoms with Crippen LogP contribution >= 0.6 is 0 Å². The minimum Gasteiger partial charge on any atom is -0.462 e. The Morgan fingerprint density at radius 3 is 2.67 bits per heavy atom. The first-order chi connectivity index (χ1) is 5.52. The highest BCUT2D eigenvalue weighted by molar-refractivity contribution is 5.71. The molecule has 0 aromatic heterocycles. The van der Waals surface area contributed by atoms with Crippen molar-refractivity contribution < 1.29 is 14.6 Å². The molecule has 1 fully saturated rings. The number of carbonyl (C=O) groups is 1. The van der Waals surface area contributed by atoms with E-state index >= 15 is 0 Å². The number of aliphatic hydroxyl groups is 1. The molecule has 0 aromatic carbocycles. The van der Waals surface area contributed by atoms with Crippen LogP contribution in [0.1, 0.15) is 27.2 Å². The van der Waals surface area contributed by atoms with Crippen molar-refractivity contribution in [2.75, 3.05) is 0 Å². The first-order valence-corrected chi connectivity index (χ1v) is 4.40. The SMILES string of the molecule is CC(C)[C@H]1OC(=O)C[C@@H](O)[C@@H]1C. The lowest BCUT2D eigenvalue weighted by molar-refractivity contribution is -0.171. The molecule has 0 aromatic rings. The molecule has 1 heterocycles. The summed E-state index contributed by atoms with van der Waals surface area (Å²) in [5.74, 6) is 0.0564. The number of cyclic esters (lactones) is 1. The highest BCUT2D eigenvalue weighted by Gasteiger charge is 2.36. The van der Waals surface area contributed by atoms with E-state index in [1.54, 1.807) is 0 Å². The fourth-order valence-corrected chi connectivity index (χ4v) is 1.63. The smallest absolute Gasteiger partial charge is 0.308 e. The molecule has 0 amide bonds. The van der Waals surface area contributed by atoms with E-state index in [1.807, 2.05) is 20.8 Å². The lowest BCUT2D eigenvalue weighted by Gasteiger charge is -2.34. The summed E-state index contributed by atoms with van der Waals surface area (Å²) in [5, 5.41) is 9.47. The van der Waals surface area contributed by atoms with Crippen molar-refractivity contribution in [2.24, 2.45) is 11.8 Å². The Balaban J connectivity index is 2.66. The lowest BCUT2D eigenvalue weighted by atomic mass is 9.87. The molecule has 0 spiro atoms. The molecule has 70 valence electrons. The van der Waals surface area contributed by atoms with Gasteiger partial charge >= 0.3 is 5.97 Å². The number of aliphatic hydroxyl groups excluding tert-OH is 1. The van der Waals surface area contributed by atoms with Gasteiger partial charge in [-0.3, -0.25) is 4.79 Å². The zero-order valence-corrected chi connectivity index (χ0v) is 7.78. The standard InChI is InChI=1S/C9H16O3/c1-5(2)9-6(3)7(10)4-8(11)12-9/h5-7,9-10H,4H2,1-3H3/t6-,7+,9+/m0/s1. The van der Waals surface area contributed by atoms with Crippen LogP contribution in [-0.2, 0) is 9.53 Å². The molecule has 3 atom stereocenters. The van der Waals surface area contributed by atoms with E-state index in [-0.39, 0.29) is 30.3 Å². The Morgan fingerprint density at radius 1 is 1.58 bits per heavy atom. The van der Waals surface area contributed by atoms with Gasteiger partial charge in [-0.25, -0.2) is 0 Å². The number of esters is 1. The van der Waals surface area contributed by atoms with Crippen molar-refractivity contribution in [3.63, 3.8) is 0 Å². The summed E-state index contributed by atoms with van der Waals surface area (Å²) in [5.41, 5.74) is 0. The fourth-order valence-electron chi connectivity index (χ4n) is 1.63. The summed E-state index contributed by atoms with van der Waals surface area (Å²) < 4.78 is 5.13. The van der Waals surface area contributed by atoms with E-state index < -0.39 is 6.10 Å². The molecule has 3 nitrogen and oxygen atoms in total. The number of hydrogen-bond donors (Lipinski definition) is 1. The van der Waals surface area contributed by atoms with E-state index in [0.717, 1.165) is 0 Å². The number of carbonyl (C=O) groups excluding carboxylic acids is 1. The van der Waals surface area contributed by atoms with Crippen LogP contribution in [0.15, 0.2) is 0 Å². The molecular formula is C9H16O3. The van der Waals surface area contributed by atoms with Gasteiger partial charge < -0.3 is 9.84 Å². The van der Waals surface area contributed by atoms with Crippen molar-refractivity contribution in [1.82, 2.24) is 0 Å². The summed E-state index contributed by atoms with van der Waals surface area (Å²) >= 11 is 0. The van der Waals surface area contributed by atoms with Crippen LogP contribution in [0.4, 0.5) is 0 Å². The van der Waals surface area contributed by atoms with Gasteiger partial charge in [-0.15, -0.1) is 0 Å². The first-order valence-electron chi connectivity index (χ1n) is 4.40. The molecule has 0 aliphatic carbocycles. The van der Waals surface area contributed by atoms with Crippen molar-refractivity contribution in [1.29, 1.82) is 0 Å². The molecule has 1 aliphatic heterocycles. The van der Waals surface area contributed by atoms with Crippen LogP contribution in [0, 0.1) is 11.8 Å². The van der Waals surface area contributed by atoms with Crippen molar-refractivity contribution in [3.8, 4) is 0 Å². The van der Waals surface area contributed by atoms with Crippen molar-refractivity contribution in [3.05, 3.63) is 0 Å². The number of rotatable bonds is 1. The molecule has 1 saturated heterocycles. The largest absolute Gasteiger partial charge is 0.462 e. The lowest BCUT2D eigenvalue weighted by Crippen LogP contribution is -2.43. The average Bonchev–Trinajstić information content (AvgIpc) is 1.96. The van der Waals surface area contributed by atoms with Gasteiger partial charge in [0.05, 0.1) is 12.5 Å². The van der Waals surface area contributed by atoms with Gasteiger partial charge in [0, 0.05) is 5.92 Å². The molecule has 0 bridgehead atoms. The average molecular weight is 172 g/mol. The van der Waals surface area contributed by atoms with Gasteiger partial charge in [0.2, 0.25) is 0 Å². The number of ether oxygens (including phenoxy) is 1. The summed E-state index contributed by atoms with van der Waals surface area (Å²) in [6.45, 7) is 5.90. The van der Waals surface area contributed by atoms with E-state index in [2.05, 4.69) is 0 Å². The maximum Gasteiger partial charge on any atom is 0.308 e. The fraction of sp³-hybridized carbons (Fsp3) is 0.889. The maximum absolute atomic E-state index is 11.0. The van der Waals surface area contributed by atoms with Crippen LogP contribution in [0.25, 0.3) is 0 Å². The minimum absolute atomic E-state index is 0.0581. The van der Waals surface area contributed by atoms with Crippen molar-refractivity contribution >= 4 is 5.97 Å². The minimum atomic E-state index is -0.529. The molecule has 1 rings (SSSR count). The van der Waals surface area contributed by atoms with Gasteiger partial charge in [0.15, 0.2) is 0 Å². The van der Waals surface area contributed by atoms with Crippen LogP contribution < -0.4 is 0 Å². The second-order valence-corrected chi connectivity index (χ2v) is 3.83. The van der Waals surface area contributed by atoms with Gasteiger partial charge in [0.25, 0.3) is 0 Å². The molecule has 3 heteroatoms. The van der Waals surface area contributed by atoms with E-state index in [1.165, 1.54) is 0 Å². The quantitative estimate of drug-likeness (QED) is 0.599. The van der Waals surface area contributed by atoms with E-state index in [9.17, 15) is 9.90 Å². The van der Waals surface area contributed by atoms with Crippen LogP contribution in [0.2, 0.25) is 0 Å². The van der Waals surface area contributed by atoms with Crippen LogP contribution in [-0.4, -0.2) is 23.3 Å². The molecule has 0 saturated carbocycles. The van der Waals surface area contributed by atoms with Crippen LogP contribution in [0.5, 0.6) is 0 Å². The molecule has 0 radical (unpaired) electrons. The predicted molar refractivity (Wildman–Crippen MR) is 44.5 cm³/mol. The first kappa shape index (κ1) is 9.52. The van der Waals surface area contributed by atoms with Gasteiger partial charge in [-0.1, -0.05) is 20.8 Å². The third-order valence-corrected chi connectivity index (χ3v) is 2.43. The number of hydrogen-bond acceptors (Lipinski definition) is 3. The zero-order chi connectivity index (χ0) is 9.30. The highest BCUT2D eigenvalue weighted by Crippen LogP contribution is 2.26. The second kappa shape index (κ2) is 3.44. The maximum atomic E-state index is 11.0. The molecule has 12 heavy (non-hydrogen) atoms. The summed E-state index contributed by atoms with van der Waals surface area (Å²) in [4.78, 5) is 11.0. The third-order valence-electron chi connectivity index (χ3n) is 2.43. The Hall–Kier alpha value is -0.570. The molecular weight excluding hydrogens is 156 g/mol. The topological polar surface area (TPSA) is 46.5 Å². The Kier molecular flexibility index (Phi) is 2.73. The van der Waals surface area contributed by atoms with E-state index in [4.69, 9.17) is 4.74 Å². The van der Waals surface area contributed by atoms with Crippen molar-refractivity contribution in [2.45, 2.75) is 39.4 Å². The molecule has 1 aliphatic rings. The molecule has 1 N–H and O–H groups in total. The summed E-state index contributed by atoms with van der Waals surface area (Å²) in [6, 6.07) is 0. The van der Waals surface area contributed by atoms with Crippen LogP contribution in [0.3, 0.4) is 0 Å². The van der Waals surface area contributed by atoms with Gasteiger partial charge in [-0.2, -0.15) is 0 Å². The normalized spacial score (nSPS) is 36.8. The third kappa shape index (κ3) is 1.78. The Bertz CT molecular complexity index is 177. The zero-order valence-electron chi connectivity index (χ0n) is 7.78. The highest BCUT2D eigenvalue weighted by atomic mass is 16.5. The Labute approximate surface area is 72.7 Å². The molecule has 0 unspecified atom stereocenters.